The van der Waals surface area contributed by atoms with Gasteiger partial charge in [0.25, 0.3) is 0 Å². The number of halogens is 2. The Morgan fingerprint density at radius 1 is 1.15 bits per heavy atom. The highest BCUT2D eigenvalue weighted by atomic mass is 32.3. The Kier molecular flexibility index (Phi) is 4.91. The standard InChI is InChI=1S/C8H8.F2O2S/c1-2-8-6-4-3-5-7-8;1-5(2,3)4/h2-7H,1H2;. The van der Waals surface area contributed by atoms with Crippen LogP contribution in [0.3, 0.4) is 0 Å². The molecule has 0 aromatic heterocycles. The summed E-state index contributed by atoms with van der Waals surface area (Å²) in [4.78, 5) is 0. The van der Waals surface area contributed by atoms with Crippen molar-refractivity contribution >= 4 is 16.7 Å². The van der Waals surface area contributed by atoms with Crippen molar-refractivity contribution in [3.8, 4) is 0 Å². The van der Waals surface area contributed by atoms with Gasteiger partial charge in [0.15, 0.2) is 0 Å². The SMILES string of the molecule is C=Cc1ccccc1.O=S(=O)(F)F. The van der Waals surface area contributed by atoms with Gasteiger partial charge in [-0.3, -0.25) is 0 Å². The molecule has 0 spiro atoms. The Hall–Kier alpha value is -1.23. The maximum atomic E-state index is 9.99. The molecule has 0 unspecified atom stereocenters. The van der Waals surface area contributed by atoms with Gasteiger partial charge >= 0.3 is 10.6 Å². The average molecular weight is 206 g/mol. The third-order valence-corrected chi connectivity index (χ3v) is 1.04. The molecule has 1 aromatic rings. The number of hydrogen-bond acceptors (Lipinski definition) is 2. The van der Waals surface area contributed by atoms with Gasteiger partial charge in [-0.25, -0.2) is 0 Å². The first-order chi connectivity index (χ1) is 5.93. The van der Waals surface area contributed by atoms with E-state index < -0.39 is 10.6 Å². The molecule has 1 rings (SSSR count). The minimum atomic E-state index is -5.67. The fourth-order valence-electron chi connectivity index (χ4n) is 0.589. The molecule has 0 saturated heterocycles. The van der Waals surface area contributed by atoms with Gasteiger partial charge < -0.3 is 0 Å². The summed E-state index contributed by atoms with van der Waals surface area (Å²) in [5.74, 6) is 0. The molecule has 0 atom stereocenters. The molecule has 72 valence electrons. The highest BCUT2D eigenvalue weighted by Gasteiger charge is 1.94. The first-order valence-electron chi connectivity index (χ1n) is 3.25. The van der Waals surface area contributed by atoms with Gasteiger partial charge in [0.2, 0.25) is 0 Å². The summed E-state index contributed by atoms with van der Waals surface area (Å²) < 4.78 is 36.6. The van der Waals surface area contributed by atoms with Gasteiger partial charge in [-0.2, -0.15) is 8.42 Å². The smallest absolute Gasteiger partial charge is 0.160 e. The summed E-state index contributed by atoms with van der Waals surface area (Å²) in [5, 5.41) is 0. The van der Waals surface area contributed by atoms with E-state index in [4.69, 9.17) is 8.42 Å². The second-order valence-corrected chi connectivity index (χ2v) is 2.75. The molecule has 1 aromatic carbocycles. The molecule has 0 aliphatic carbocycles. The summed E-state index contributed by atoms with van der Waals surface area (Å²) in [5.41, 5.74) is 1.17. The van der Waals surface area contributed by atoms with Crippen molar-refractivity contribution in [1.29, 1.82) is 0 Å². The normalized spacial score (nSPS) is 9.69. The molecule has 0 N–H and O–H groups in total. The van der Waals surface area contributed by atoms with Crippen LogP contribution in [0.4, 0.5) is 7.77 Å². The minimum absolute atomic E-state index is 1.17. The van der Waals surface area contributed by atoms with Crippen LogP contribution in [0.15, 0.2) is 36.9 Å². The van der Waals surface area contributed by atoms with Crippen molar-refractivity contribution in [1.82, 2.24) is 0 Å². The summed E-state index contributed by atoms with van der Waals surface area (Å²) in [7, 11) is -5.67. The number of rotatable bonds is 1. The molecule has 0 radical (unpaired) electrons. The zero-order chi connectivity index (χ0) is 10.3. The van der Waals surface area contributed by atoms with Crippen LogP contribution in [-0.4, -0.2) is 8.42 Å². The van der Waals surface area contributed by atoms with Crippen LogP contribution in [0.25, 0.3) is 6.08 Å². The van der Waals surface area contributed by atoms with Crippen LogP contribution in [0.5, 0.6) is 0 Å². The first kappa shape index (κ1) is 11.8. The largest absolute Gasteiger partial charge is 0.476 e. The van der Waals surface area contributed by atoms with E-state index in [1.54, 1.807) is 0 Å². The summed E-state index contributed by atoms with van der Waals surface area (Å²) in [6, 6.07) is 10.0. The van der Waals surface area contributed by atoms with Crippen molar-refractivity contribution < 1.29 is 16.2 Å². The van der Waals surface area contributed by atoms with E-state index in [9.17, 15) is 7.77 Å². The second-order valence-electron chi connectivity index (χ2n) is 1.99. The fourth-order valence-corrected chi connectivity index (χ4v) is 0.589. The molecule has 0 bridgehead atoms. The van der Waals surface area contributed by atoms with Gasteiger partial charge in [-0.05, 0) is 5.56 Å². The Morgan fingerprint density at radius 3 is 1.77 bits per heavy atom. The molecule has 0 heterocycles. The van der Waals surface area contributed by atoms with E-state index in [-0.39, 0.29) is 0 Å². The monoisotopic (exact) mass is 206 g/mol. The van der Waals surface area contributed by atoms with E-state index >= 15 is 0 Å². The van der Waals surface area contributed by atoms with Crippen molar-refractivity contribution in [2.24, 2.45) is 0 Å². The maximum Gasteiger partial charge on any atom is 0.476 e. The van der Waals surface area contributed by atoms with E-state index in [2.05, 4.69) is 6.58 Å². The van der Waals surface area contributed by atoms with E-state index in [1.807, 2.05) is 36.4 Å². The average Bonchev–Trinajstić information content (AvgIpc) is 2.03. The highest BCUT2D eigenvalue weighted by Crippen LogP contribution is 1.97. The number of hydrogen-bond donors (Lipinski definition) is 0. The third kappa shape index (κ3) is 10.8. The van der Waals surface area contributed by atoms with Crippen LogP contribution in [0, 0.1) is 0 Å². The Morgan fingerprint density at radius 2 is 1.54 bits per heavy atom. The summed E-state index contributed by atoms with van der Waals surface area (Å²) in [6.07, 6.45) is 1.83. The Balaban J connectivity index is 0.000000252. The quantitative estimate of drug-likeness (QED) is 0.661. The molecule has 0 amide bonds. The van der Waals surface area contributed by atoms with Crippen molar-refractivity contribution in [3.63, 3.8) is 0 Å². The lowest BCUT2D eigenvalue weighted by atomic mass is 10.2. The molecule has 0 fully saturated rings. The van der Waals surface area contributed by atoms with Crippen LogP contribution < -0.4 is 0 Å². The van der Waals surface area contributed by atoms with Crippen molar-refractivity contribution in [2.75, 3.05) is 0 Å². The molecule has 0 aliphatic heterocycles. The van der Waals surface area contributed by atoms with Gasteiger partial charge in [-0.1, -0.05) is 50.8 Å². The minimum Gasteiger partial charge on any atom is -0.160 e. The van der Waals surface area contributed by atoms with Gasteiger partial charge in [0, 0.05) is 0 Å². The van der Waals surface area contributed by atoms with Crippen molar-refractivity contribution in [2.45, 2.75) is 0 Å². The van der Waals surface area contributed by atoms with Gasteiger partial charge in [-0.15, -0.1) is 0 Å². The molecule has 5 heteroatoms. The number of benzene rings is 1. The molecule has 0 aliphatic rings. The van der Waals surface area contributed by atoms with Crippen LogP contribution >= 0.6 is 0 Å². The molecule has 0 saturated carbocycles. The third-order valence-electron chi connectivity index (χ3n) is 1.04. The molecular formula is C8H8F2O2S. The van der Waals surface area contributed by atoms with Gasteiger partial charge in [0.05, 0.1) is 0 Å². The molecule has 13 heavy (non-hydrogen) atoms. The lowest BCUT2D eigenvalue weighted by Gasteiger charge is -1.85. The summed E-state index contributed by atoms with van der Waals surface area (Å²) in [6.45, 7) is 3.63. The van der Waals surface area contributed by atoms with Crippen LogP contribution in [-0.2, 0) is 10.6 Å². The first-order valence-corrected chi connectivity index (χ1v) is 4.53. The van der Waals surface area contributed by atoms with Crippen LogP contribution in [0.1, 0.15) is 5.56 Å². The van der Waals surface area contributed by atoms with E-state index in [0.717, 1.165) is 0 Å². The predicted molar refractivity (Wildman–Crippen MR) is 47.7 cm³/mol. The lowest BCUT2D eigenvalue weighted by Crippen LogP contribution is -1.69. The predicted octanol–water partition coefficient (Wildman–Crippen LogP) is 2.50. The summed E-state index contributed by atoms with van der Waals surface area (Å²) >= 11 is 0. The molecule has 2 nitrogen and oxygen atoms in total. The maximum absolute atomic E-state index is 9.99. The molecular weight excluding hydrogens is 198 g/mol. The zero-order valence-corrected chi connectivity index (χ0v) is 7.47. The fraction of sp³-hybridized carbons (Fsp3) is 0. The topological polar surface area (TPSA) is 34.1 Å². The van der Waals surface area contributed by atoms with E-state index in [1.165, 1.54) is 5.56 Å². The Labute approximate surface area is 76.0 Å². The van der Waals surface area contributed by atoms with Crippen molar-refractivity contribution in [3.05, 3.63) is 42.5 Å². The Bertz CT molecular complexity index is 338. The van der Waals surface area contributed by atoms with Crippen LogP contribution in [0.2, 0.25) is 0 Å². The highest BCUT2D eigenvalue weighted by molar-refractivity contribution is 7.81. The zero-order valence-electron chi connectivity index (χ0n) is 6.65. The van der Waals surface area contributed by atoms with Gasteiger partial charge in [0.1, 0.15) is 0 Å². The lowest BCUT2D eigenvalue weighted by molar-refractivity contribution is 0.501. The van der Waals surface area contributed by atoms with E-state index in [0.29, 0.717) is 0 Å². The second kappa shape index (κ2) is 5.42.